The summed E-state index contributed by atoms with van der Waals surface area (Å²) in [5, 5.41) is 40.2. The van der Waals surface area contributed by atoms with Gasteiger partial charge in [-0.25, -0.2) is 23.2 Å². The lowest BCUT2D eigenvalue weighted by molar-refractivity contribution is -0.426. The van der Waals surface area contributed by atoms with Crippen LogP contribution in [-0.2, 0) is 43.9 Å². The van der Waals surface area contributed by atoms with Gasteiger partial charge in [-0.05, 0) is 32.8 Å². The van der Waals surface area contributed by atoms with Crippen LogP contribution < -0.4 is 5.73 Å². The monoisotopic (exact) mass is 704 g/mol. The van der Waals surface area contributed by atoms with E-state index in [0.29, 0.717) is 11.1 Å². The third kappa shape index (κ3) is 5.99. The highest BCUT2D eigenvalue weighted by atomic mass is 32.5. The maximum atomic E-state index is 14.2. The third-order valence-electron chi connectivity index (χ3n) is 8.51. The summed E-state index contributed by atoms with van der Waals surface area (Å²) in [5.74, 6) is -5.80. The second-order valence-electron chi connectivity index (χ2n) is 11.4. The van der Waals surface area contributed by atoms with Gasteiger partial charge in [0, 0.05) is 12.7 Å². The van der Waals surface area contributed by atoms with Crippen molar-refractivity contribution in [1.82, 2.24) is 14.9 Å². The molecule has 1 aliphatic carbocycles. The number of aromatic nitrogens is 2. The van der Waals surface area contributed by atoms with Crippen molar-refractivity contribution >= 4 is 43.3 Å². The zero-order valence-electron chi connectivity index (χ0n) is 24.3. The van der Waals surface area contributed by atoms with E-state index < -0.39 is 93.9 Å². The van der Waals surface area contributed by atoms with Gasteiger partial charge in [-0.3, -0.25) is 4.52 Å². The van der Waals surface area contributed by atoms with Crippen molar-refractivity contribution in [3.8, 4) is 0 Å². The highest BCUT2D eigenvalue weighted by Crippen LogP contribution is 2.65. The smallest absolute Gasteiger partial charge is 0.458 e. The van der Waals surface area contributed by atoms with Crippen LogP contribution in [0.25, 0.3) is 11.1 Å². The number of phosphoric ester groups is 1. The van der Waals surface area contributed by atoms with E-state index in [1.54, 1.807) is 25.9 Å². The summed E-state index contributed by atoms with van der Waals surface area (Å²) in [5.41, 5.74) is 5.97. The molecule has 3 aliphatic rings. The summed E-state index contributed by atoms with van der Waals surface area (Å²) in [7, 11) is -0.362. The standard InChI is InChI=1S/C23H35FN4O14P2S/c1-22(36-4)18(28(2)3)11(39-19(22)9-6-37-17-14(9)26-8-27-20(17)25)7-38-44(35,45)42-43(33,34)41-21-13-16(31)15(30)12(10(24)5-29)23(13,32)40-21/h6,8,10-13,15-16,18-19,21,29-32H,5,7H2,1-4H3,(H,33,34)(H,35,45)(H2,25,26,27)/t10-,11+,12?,13?,15?,16?,18+,19-,21?,22+,23?,44?/m0/s1. The molecular formula is C23H35FN4O14P2S. The van der Waals surface area contributed by atoms with Crippen molar-refractivity contribution in [3.63, 3.8) is 0 Å². The number of furan rings is 1. The summed E-state index contributed by atoms with van der Waals surface area (Å²) < 4.78 is 64.8. The van der Waals surface area contributed by atoms with E-state index in [2.05, 4.69) is 9.97 Å². The summed E-state index contributed by atoms with van der Waals surface area (Å²) >= 11 is 4.94. The number of alkyl halides is 1. The maximum Gasteiger partial charge on any atom is 0.481 e. The number of nitrogens with two attached hydrogens (primary N) is 1. The van der Waals surface area contributed by atoms with Crippen LogP contribution in [0.15, 0.2) is 17.0 Å². The lowest BCUT2D eigenvalue weighted by atomic mass is 9.86. The molecule has 22 heteroatoms. The fourth-order valence-electron chi connectivity index (χ4n) is 6.55. The second-order valence-corrected chi connectivity index (χ2v) is 15.7. The summed E-state index contributed by atoms with van der Waals surface area (Å²) in [6, 6.07) is -0.564. The van der Waals surface area contributed by atoms with Crippen molar-refractivity contribution < 1.29 is 71.2 Å². The van der Waals surface area contributed by atoms with Gasteiger partial charge in [0.05, 0.1) is 49.6 Å². The number of aliphatic hydroxyl groups is 4. The molecule has 1 saturated carbocycles. The number of rotatable bonds is 12. The average Bonchev–Trinajstić information content (AvgIpc) is 3.53. The van der Waals surface area contributed by atoms with Crippen LogP contribution in [0.1, 0.15) is 18.6 Å². The molecule has 45 heavy (non-hydrogen) atoms. The summed E-state index contributed by atoms with van der Waals surface area (Å²) in [6.07, 6.45) is -6.86. The molecule has 0 bridgehead atoms. The molecule has 0 amide bonds. The molecule has 3 fully saturated rings. The maximum absolute atomic E-state index is 14.2. The highest BCUT2D eigenvalue weighted by Gasteiger charge is 2.74. The fraction of sp³-hybridized carbons (Fsp3) is 0.739. The van der Waals surface area contributed by atoms with E-state index in [-0.39, 0.29) is 11.4 Å². The van der Waals surface area contributed by atoms with E-state index in [1.807, 2.05) is 0 Å². The largest absolute Gasteiger partial charge is 0.481 e. The van der Waals surface area contributed by atoms with E-state index in [0.717, 1.165) is 0 Å². The van der Waals surface area contributed by atoms with Crippen LogP contribution >= 0.6 is 14.5 Å². The van der Waals surface area contributed by atoms with E-state index in [1.165, 1.54) is 19.7 Å². The average molecular weight is 705 g/mol. The van der Waals surface area contributed by atoms with Gasteiger partial charge < -0.3 is 64.0 Å². The first-order valence-electron chi connectivity index (χ1n) is 13.5. The van der Waals surface area contributed by atoms with Crippen molar-refractivity contribution in [3.05, 3.63) is 18.2 Å². The number of ether oxygens (including phenoxy) is 3. The predicted molar refractivity (Wildman–Crippen MR) is 152 cm³/mol. The summed E-state index contributed by atoms with van der Waals surface area (Å²) in [6.45, 7) is -4.36. The third-order valence-corrected chi connectivity index (χ3v) is 12.0. The molecule has 254 valence electrons. The number of phosphoric acid groups is 1. The molecule has 8 N–H and O–H groups in total. The van der Waals surface area contributed by atoms with Gasteiger partial charge in [-0.2, -0.15) is 0 Å². The summed E-state index contributed by atoms with van der Waals surface area (Å²) in [4.78, 5) is 31.0. The minimum Gasteiger partial charge on any atom is -0.458 e. The van der Waals surface area contributed by atoms with Gasteiger partial charge in [-0.1, -0.05) is 0 Å². The van der Waals surface area contributed by atoms with E-state index in [4.69, 9.17) is 54.6 Å². The van der Waals surface area contributed by atoms with Gasteiger partial charge >= 0.3 is 14.5 Å². The quantitative estimate of drug-likeness (QED) is 0.135. The number of aliphatic hydroxyl groups excluding tert-OH is 3. The molecule has 2 aromatic heterocycles. The lowest BCUT2D eigenvalue weighted by Gasteiger charge is -2.49. The molecule has 2 saturated heterocycles. The highest BCUT2D eigenvalue weighted by molar-refractivity contribution is 8.08. The van der Waals surface area contributed by atoms with Crippen LogP contribution in [-0.4, -0.2) is 128 Å². The van der Waals surface area contributed by atoms with Crippen molar-refractivity contribution in [2.45, 2.75) is 61.2 Å². The number of hydrogen-bond acceptors (Lipinski definition) is 17. The van der Waals surface area contributed by atoms with Gasteiger partial charge in [0.1, 0.15) is 35.8 Å². The zero-order chi connectivity index (χ0) is 33.3. The molecule has 0 spiro atoms. The first-order chi connectivity index (χ1) is 20.9. The van der Waals surface area contributed by atoms with E-state index in [9.17, 15) is 34.1 Å². The van der Waals surface area contributed by atoms with Gasteiger partial charge in [0.25, 0.3) is 0 Å². The van der Waals surface area contributed by atoms with Gasteiger partial charge in [-0.15, -0.1) is 0 Å². The Balaban J connectivity index is 1.28. The van der Waals surface area contributed by atoms with Crippen molar-refractivity contribution in [1.29, 1.82) is 0 Å². The molecular weight excluding hydrogens is 669 g/mol. The Morgan fingerprint density at radius 2 is 1.96 bits per heavy atom. The number of anilines is 1. The molecule has 0 aromatic carbocycles. The Labute approximate surface area is 260 Å². The fourth-order valence-corrected chi connectivity index (χ4v) is 9.65. The normalized spacial score (nSPS) is 39.8. The minimum atomic E-state index is -5.34. The Kier molecular flexibility index (Phi) is 9.58. The Morgan fingerprint density at radius 1 is 1.27 bits per heavy atom. The molecule has 18 nitrogen and oxygen atoms in total. The van der Waals surface area contributed by atoms with E-state index >= 15 is 0 Å². The molecule has 8 unspecified atom stereocenters. The zero-order valence-corrected chi connectivity index (χ0v) is 26.9. The molecule has 13 atom stereocenters. The molecule has 2 aliphatic heterocycles. The number of likely N-dealkylation sites (N-methyl/N-ethyl adjacent to an activating group) is 1. The Hall–Kier alpha value is -1.29. The molecule has 4 heterocycles. The van der Waals surface area contributed by atoms with Crippen LogP contribution in [0.3, 0.4) is 0 Å². The Morgan fingerprint density at radius 3 is 2.58 bits per heavy atom. The number of halogens is 1. The number of nitrogen functional groups attached to an aromatic ring is 1. The number of hydrogen-bond donors (Lipinski definition) is 7. The first-order valence-corrected chi connectivity index (χ1v) is 17.5. The molecule has 2 aromatic rings. The topological polar surface area (TPSA) is 262 Å². The minimum absolute atomic E-state index is 0.119. The number of methoxy groups -OCH3 is 1. The van der Waals surface area contributed by atoms with Crippen LogP contribution in [0.2, 0.25) is 0 Å². The predicted octanol–water partition coefficient (Wildman–Crippen LogP) is -0.710. The van der Waals surface area contributed by atoms with Gasteiger partial charge in [0.2, 0.25) is 0 Å². The van der Waals surface area contributed by atoms with Crippen LogP contribution in [0.5, 0.6) is 0 Å². The molecule has 5 rings (SSSR count). The lowest BCUT2D eigenvalue weighted by Crippen LogP contribution is -2.64. The molecule has 0 radical (unpaired) electrons. The van der Waals surface area contributed by atoms with Crippen molar-refractivity contribution in [2.24, 2.45) is 11.8 Å². The number of nitrogens with zero attached hydrogens (tertiary/aromatic N) is 3. The van der Waals surface area contributed by atoms with Crippen LogP contribution in [0, 0.1) is 11.8 Å². The second kappa shape index (κ2) is 12.3. The van der Waals surface area contributed by atoms with Crippen LogP contribution in [0.4, 0.5) is 10.2 Å². The SMILES string of the molecule is CO[C@@]1(C)[C@H](c2coc3c(N)ncnc23)O[C@H](COP(O)(=S)OP(=O)(O)OC2OC3(O)C2C(O)C(O)C3[C@@H](F)CO)[C@H]1N(C)C. The first kappa shape index (κ1) is 35.0. The number of fused-ring (bicyclic) bond motifs is 2. The van der Waals surface area contributed by atoms with Gasteiger partial charge in [0.15, 0.2) is 23.5 Å². The Bertz CT molecular complexity index is 1510. The van der Waals surface area contributed by atoms with Crippen molar-refractivity contribution in [2.75, 3.05) is 40.2 Å².